The highest BCUT2D eigenvalue weighted by molar-refractivity contribution is 9.10. The van der Waals surface area contributed by atoms with E-state index in [2.05, 4.69) is 38.0 Å². The van der Waals surface area contributed by atoms with Gasteiger partial charge in [-0.05, 0) is 52.5 Å². The highest BCUT2D eigenvalue weighted by Gasteiger charge is 2.11. The van der Waals surface area contributed by atoms with Gasteiger partial charge in [-0.25, -0.2) is 4.98 Å². The second-order valence-electron chi connectivity index (χ2n) is 3.86. The van der Waals surface area contributed by atoms with Crippen LogP contribution in [0.1, 0.15) is 12.0 Å². The molecular formula is C12H11BrN2O. The number of hydrogen-bond donors (Lipinski definition) is 1. The highest BCUT2D eigenvalue weighted by atomic mass is 79.9. The lowest BCUT2D eigenvalue weighted by Crippen LogP contribution is -2.07. The minimum Gasteiger partial charge on any atom is -0.493 e. The van der Waals surface area contributed by atoms with Gasteiger partial charge in [0.05, 0.1) is 18.5 Å². The fourth-order valence-corrected chi connectivity index (χ4v) is 2.29. The van der Waals surface area contributed by atoms with Crippen molar-refractivity contribution in [2.45, 2.75) is 12.8 Å². The zero-order chi connectivity index (χ0) is 11.0. The number of H-pyrrole nitrogens is 1. The van der Waals surface area contributed by atoms with E-state index in [1.807, 2.05) is 12.3 Å². The maximum atomic E-state index is 5.58. The van der Waals surface area contributed by atoms with Crippen LogP contribution in [0.5, 0.6) is 5.75 Å². The molecular weight excluding hydrogens is 268 g/mol. The SMILES string of the molecule is Brc1ncc(-c2ccc3c(c2)CCCO3)[nH]1. The first-order chi connectivity index (χ1) is 7.83. The number of nitrogens with one attached hydrogen (secondary N) is 1. The van der Waals surface area contributed by atoms with E-state index in [0.717, 1.165) is 41.2 Å². The molecule has 0 spiro atoms. The maximum Gasteiger partial charge on any atom is 0.174 e. The zero-order valence-electron chi connectivity index (χ0n) is 8.66. The Balaban J connectivity index is 2.02. The third-order valence-electron chi connectivity index (χ3n) is 2.76. The van der Waals surface area contributed by atoms with Gasteiger partial charge in [0.1, 0.15) is 5.75 Å². The Morgan fingerprint density at radius 1 is 1.38 bits per heavy atom. The number of rotatable bonds is 1. The minimum atomic E-state index is 0.761. The van der Waals surface area contributed by atoms with Gasteiger partial charge in [-0.2, -0.15) is 0 Å². The monoisotopic (exact) mass is 278 g/mol. The topological polar surface area (TPSA) is 37.9 Å². The second kappa shape index (κ2) is 3.94. The number of aromatic amines is 1. The van der Waals surface area contributed by atoms with Crippen molar-refractivity contribution in [1.29, 1.82) is 0 Å². The van der Waals surface area contributed by atoms with E-state index in [0.29, 0.717) is 0 Å². The van der Waals surface area contributed by atoms with E-state index in [9.17, 15) is 0 Å². The molecule has 0 saturated heterocycles. The predicted molar refractivity (Wildman–Crippen MR) is 65.5 cm³/mol. The fraction of sp³-hybridized carbons (Fsp3) is 0.250. The van der Waals surface area contributed by atoms with E-state index in [-0.39, 0.29) is 0 Å². The molecule has 1 N–H and O–H groups in total. The summed E-state index contributed by atoms with van der Waals surface area (Å²) >= 11 is 3.31. The lowest BCUT2D eigenvalue weighted by molar-refractivity contribution is 0.288. The molecule has 3 rings (SSSR count). The van der Waals surface area contributed by atoms with E-state index in [4.69, 9.17) is 4.74 Å². The average Bonchev–Trinajstić information content (AvgIpc) is 2.75. The molecule has 0 saturated carbocycles. The third-order valence-corrected chi connectivity index (χ3v) is 3.17. The molecule has 0 unspecified atom stereocenters. The van der Waals surface area contributed by atoms with Crippen molar-refractivity contribution in [2.24, 2.45) is 0 Å². The summed E-state index contributed by atoms with van der Waals surface area (Å²) in [5, 5.41) is 0. The molecule has 1 aromatic heterocycles. The van der Waals surface area contributed by atoms with Crippen LogP contribution in [0.2, 0.25) is 0 Å². The van der Waals surface area contributed by atoms with Crippen LogP contribution < -0.4 is 4.74 Å². The number of aromatic nitrogens is 2. The Hall–Kier alpha value is -1.29. The van der Waals surface area contributed by atoms with Crippen LogP contribution in [-0.4, -0.2) is 16.6 Å². The summed E-state index contributed by atoms with van der Waals surface area (Å²) in [4.78, 5) is 7.30. The first-order valence-electron chi connectivity index (χ1n) is 5.29. The molecule has 4 heteroatoms. The Kier molecular flexibility index (Phi) is 2.44. The number of imidazole rings is 1. The summed E-state index contributed by atoms with van der Waals surface area (Å²) in [6.07, 6.45) is 4.02. The summed E-state index contributed by atoms with van der Waals surface area (Å²) < 4.78 is 6.35. The Bertz CT molecular complexity index is 521. The molecule has 1 aromatic carbocycles. The molecule has 0 atom stereocenters. The van der Waals surface area contributed by atoms with Crippen LogP contribution in [0.15, 0.2) is 29.1 Å². The molecule has 0 bridgehead atoms. The minimum absolute atomic E-state index is 0.761. The first-order valence-corrected chi connectivity index (χ1v) is 6.09. The number of fused-ring (bicyclic) bond motifs is 1. The van der Waals surface area contributed by atoms with Gasteiger partial charge in [0, 0.05) is 5.56 Å². The quantitative estimate of drug-likeness (QED) is 0.870. The zero-order valence-corrected chi connectivity index (χ0v) is 10.3. The van der Waals surface area contributed by atoms with Crippen LogP contribution in [0, 0.1) is 0 Å². The summed E-state index contributed by atoms with van der Waals surface area (Å²) in [5.74, 6) is 1.02. The van der Waals surface area contributed by atoms with Crippen molar-refractivity contribution in [2.75, 3.05) is 6.61 Å². The number of hydrogen-bond acceptors (Lipinski definition) is 2. The smallest absolute Gasteiger partial charge is 0.174 e. The third kappa shape index (κ3) is 1.73. The van der Waals surface area contributed by atoms with Gasteiger partial charge in [0.2, 0.25) is 0 Å². The molecule has 3 nitrogen and oxygen atoms in total. The molecule has 0 aliphatic carbocycles. The average molecular weight is 279 g/mol. The van der Waals surface area contributed by atoms with E-state index in [1.54, 1.807) is 0 Å². The molecule has 2 heterocycles. The second-order valence-corrected chi connectivity index (χ2v) is 4.61. The molecule has 0 radical (unpaired) electrons. The standard InChI is InChI=1S/C12H11BrN2O/c13-12-14-7-10(15-12)8-3-4-11-9(6-8)2-1-5-16-11/h3-4,6-7H,1-2,5H2,(H,14,15). The van der Waals surface area contributed by atoms with Gasteiger partial charge >= 0.3 is 0 Å². The van der Waals surface area contributed by atoms with Crippen molar-refractivity contribution in [3.8, 4) is 17.0 Å². The molecule has 0 fully saturated rings. The maximum absolute atomic E-state index is 5.58. The first kappa shape index (κ1) is 9.90. The summed E-state index contributed by atoms with van der Waals surface area (Å²) in [5.41, 5.74) is 3.47. The van der Waals surface area contributed by atoms with Crippen LogP contribution in [-0.2, 0) is 6.42 Å². The van der Waals surface area contributed by atoms with Crippen LogP contribution in [0.4, 0.5) is 0 Å². The lowest BCUT2D eigenvalue weighted by atomic mass is 10.0. The van der Waals surface area contributed by atoms with Crippen molar-refractivity contribution >= 4 is 15.9 Å². The van der Waals surface area contributed by atoms with Crippen molar-refractivity contribution < 1.29 is 4.74 Å². The molecule has 82 valence electrons. The molecule has 2 aromatic rings. The van der Waals surface area contributed by atoms with E-state index >= 15 is 0 Å². The van der Waals surface area contributed by atoms with Gasteiger partial charge in [-0.15, -0.1) is 0 Å². The molecule has 1 aliphatic heterocycles. The van der Waals surface area contributed by atoms with Crippen LogP contribution >= 0.6 is 15.9 Å². The summed E-state index contributed by atoms with van der Waals surface area (Å²) in [6, 6.07) is 6.27. The fourth-order valence-electron chi connectivity index (χ4n) is 1.97. The number of ether oxygens (including phenoxy) is 1. The highest BCUT2D eigenvalue weighted by Crippen LogP contribution is 2.29. The largest absolute Gasteiger partial charge is 0.493 e. The van der Waals surface area contributed by atoms with E-state index in [1.165, 1.54) is 5.56 Å². The van der Waals surface area contributed by atoms with Gasteiger partial charge in [-0.3, -0.25) is 0 Å². The van der Waals surface area contributed by atoms with Crippen molar-refractivity contribution in [3.05, 3.63) is 34.7 Å². The number of halogens is 1. The summed E-state index contributed by atoms with van der Waals surface area (Å²) in [7, 11) is 0. The van der Waals surface area contributed by atoms with Crippen LogP contribution in [0.3, 0.4) is 0 Å². The van der Waals surface area contributed by atoms with Crippen molar-refractivity contribution in [1.82, 2.24) is 9.97 Å². The molecule has 1 aliphatic rings. The summed E-state index contributed by atoms with van der Waals surface area (Å²) in [6.45, 7) is 0.835. The van der Waals surface area contributed by atoms with E-state index < -0.39 is 0 Å². The van der Waals surface area contributed by atoms with Crippen molar-refractivity contribution in [3.63, 3.8) is 0 Å². The Morgan fingerprint density at radius 3 is 3.12 bits per heavy atom. The van der Waals surface area contributed by atoms with Crippen LogP contribution in [0.25, 0.3) is 11.3 Å². The molecule has 0 amide bonds. The normalized spacial score (nSPS) is 14.3. The Morgan fingerprint density at radius 2 is 2.31 bits per heavy atom. The van der Waals surface area contributed by atoms with Gasteiger partial charge in [0.15, 0.2) is 4.73 Å². The lowest BCUT2D eigenvalue weighted by Gasteiger charge is -2.17. The number of nitrogens with zero attached hydrogens (tertiary/aromatic N) is 1. The Labute approximate surface area is 102 Å². The van der Waals surface area contributed by atoms with Gasteiger partial charge in [0.25, 0.3) is 0 Å². The molecule has 16 heavy (non-hydrogen) atoms. The predicted octanol–water partition coefficient (Wildman–Crippen LogP) is 3.16. The van der Waals surface area contributed by atoms with Gasteiger partial charge in [-0.1, -0.05) is 0 Å². The number of benzene rings is 1. The van der Waals surface area contributed by atoms with Gasteiger partial charge < -0.3 is 9.72 Å². The number of aryl methyl sites for hydroxylation is 1.